The van der Waals surface area contributed by atoms with E-state index in [1.807, 2.05) is 0 Å². The number of benzene rings is 2. The van der Waals surface area contributed by atoms with Gasteiger partial charge in [0, 0.05) is 24.2 Å². The molecule has 0 aliphatic rings. The van der Waals surface area contributed by atoms with E-state index in [9.17, 15) is 18.0 Å². The number of hydroxylamine groups is 2. The molecule has 186 valence electrons. The van der Waals surface area contributed by atoms with Gasteiger partial charge in [-0.2, -0.15) is 0 Å². The average molecular weight is 512 g/mol. The van der Waals surface area contributed by atoms with Crippen LogP contribution in [0.15, 0.2) is 47.4 Å². The highest BCUT2D eigenvalue weighted by atomic mass is 35.5. The Balaban J connectivity index is 2.33. The number of sulfonamides is 1. The lowest BCUT2D eigenvalue weighted by molar-refractivity contribution is -0.171. The molecule has 2 amide bonds. The summed E-state index contributed by atoms with van der Waals surface area (Å²) in [6, 6.07) is 9.77. The smallest absolute Gasteiger partial charge is 0.408 e. The lowest BCUT2D eigenvalue weighted by atomic mass is 10.0. The molecule has 0 fully saturated rings. The van der Waals surface area contributed by atoms with Gasteiger partial charge in [-0.25, -0.2) is 18.3 Å². The maximum Gasteiger partial charge on any atom is 0.408 e. The molecule has 2 aromatic carbocycles. The Hall–Kier alpha value is -2.82. The molecular formula is C23H30ClN3O6S. The summed E-state index contributed by atoms with van der Waals surface area (Å²) >= 11 is 5.86. The first-order valence-electron chi connectivity index (χ1n) is 10.4. The van der Waals surface area contributed by atoms with Gasteiger partial charge < -0.3 is 10.1 Å². The Labute approximate surface area is 205 Å². The number of ether oxygens (including phenoxy) is 1. The van der Waals surface area contributed by atoms with Crippen molar-refractivity contribution in [3.63, 3.8) is 0 Å². The Bertz CT molecular complexity index is 1130. The average Bonchev–Trinajstić information content (AvgIpc) is 2.73. The van der Waals surface area contributed by atoms with Crippen molar-refractivity contribution in [1.29, 1.82) is 0 Å². The highest BCUT2D eigenvalue weighted by Crippen LogP contribution is 2.22. The fraction of sp³-hybridized carbons (Fsp3) is 0.391. The number of amides is 2. The molecule has 0 saturated carbocycles. The zero-order chi connectivity index (χ0) is 25.7. The van der Waals surface area contributed by atoms with Crippen molar-refractivity contribution < 1.29 is 27.6 Å². The number of likely N-dealkylation sites (N-methyl/N-ethyl adjacent to an activating group) is 1. The molecule has 0 bridgehead atoms. The molecule has 1 atom stereocenters. The van der Waals surface area contributed by atoms with Crippen LogP contribution in [0, 0.1) is 6.92 Å². The molecule has 11 heteroatoms. The molecule has 0 saturated heterocycles. The third-order valence-electron chi connectivity index (χ3n) is 4.72. The van der Waals surface area contributed by atoms with Crippen molar-refractivity contribution in [3.8, 4) is 0 Å². The van der Waals surface area contributed by atoms with Crippen molar-refractivity contribution in [3.05, 3.63) is 58.6 Å². The van der Waals surface area contributed by atoms with E-state index in [4.69, 9.17) is 21.2 Å². The minimum Gasteiger partial charge on any atom is -0.444 e. The molecule has 0 aliphatic heterocycles. The molecule has 0 aliphatic carbocycles. The highest BCUT2D eigenvalue weighted by Gasteiger charge is 2.28. The van der Waals surface area contributed by atoms with Gasteiger partial charge in [-0.05, 0) is 75.2 Å². The summed E-state index contributed by atoms with van der Waals surface area (Å²) < 4.78 is 33.6. The number of hydrogen-bond acceptors (Lipinski definition) is 6. The third kappa shape index (κ3) is 7.89. The zero-order valence-electron chi connectivity index (χ0n) is 20.0. The number of aryl methyl sites for hydroxylation is 1. The van der Waals surface area contributed by atoms with Crippen LogP contribution in [0.1, 0.15) is 31.9 Å². The molecule has 2 rings (SSSR count). The number of anilines is 1. The molecule has 0 aromatic heterocycles. The van der Waals surface area contributed by atoms with E-state index in [2.05, 4.69) is 10.0 Å². The van der Waals surface area contributed by atoms with E-state index in [-0.39, 0.29) is 11.3 Å². The standard InChI is InChI=1S/C23H30ClN3O6S/c1-15-7-12-19(34(30,31)26-18-10-8-17(24)9-11-18)13-16(15)14-20(21(28)27(5)32-6)25-22(29)33-23(2,3)4/h7-13,20,26H,14H2,1-6H3,(H,25,29)/t20-/m0/s1. The Kier molecular flexibility index (Phi) is 8.93. The molecule has 0 heterocycles. The summed E-state index contributed by atoms with van der Waals surface area (Å²) in [4.78, 5) is 30.2. The zero-order valence-corrected chi connectivity index (χ0v) is 21.6. The number of nitrogens with one attached hydrogen (secondary N) is 2. The summed E-state index contributed by atoms with van der Waals surface area (Å²) in [5, 5.41) is 4.03. The first kappa shape index (κ1) is 27.4. The van der Waals surface area contributed by atoms with E-state index in [0.29, 0.717) is 16.3 Å². The van der Waals surface area contributed by atoms with E-state index in [1.54, 1.807) is 58.0 Å². The first-order chi connectivity index (χ1) is 15.7. The summed E-state index contributed by atoms with van der Waals surface area (Å²) in [5.74, 6) is -0.527. The number of rotatable bonds is 8. The number of halogens is 1. The van der Waals surface area contributed by atoms with Crippen molar-refractivity contribution >= 4 is 39.3 Å². The summed E-state index contributed by atoms with van der Waals surface area (Å²) in [5.41, 5.74) is 0.891. The second kappa shape index (κ2) is 11.1. The second-order valence-electron chi connectivity index (χ2n) is 8.62. The molecule has 2 N–H and O–H groups in total. The maximum atomic E-state index is 12.9. The van der Waals surface area contributed by atoms with E-state index < -0.39 is 33.7 Å². The van der Waals surface area contributed by atoms with Crippen molar-refractivity contribution in [1.82, 2.24) is 10.4 Å². The van der Waals surface area contributed by atoms with Crippen LogP contribution in [-0.2, 0) is 30.8 Å². The van der Waals surface area contributed by atoms with Crippen LogP contribution in [-0.4, -0.2) is 51.3 Å². The molecule has 0 spiro atoms. The van der Waals surface area contributed by atoms with Crippen LogP contribution < -0.4 is 10.0 Å². The van der Waals surface area contributed by atoms with Gasteiger partial charge in [0.15, 0.2) is 0 Å². The van der Waals surface area contributed by atoms with Gasteiger partial charge in [0.1, 0.15) is 11.6 Å². The lowest BCUT2D eigenvalue weighted by Crippen LogP contribution is -2.49. The molecular weight excluding hydrogens is 482 g/mol. The molecule has 0 radical (unpaired) electrons. The number of hydrogen-bond donors (Lipinski definition) is 2. The summed E-state index contributed by atoms with van der Waals surface area (Å²) in [6.45, 7) is 6.90. The lowest BCUT2D eigenvalue weighted by Gasteiger charge is -2.26. The van der Waals surface area contributed by atoms with Crippen LogP contribution in [0.2, 0.25) is 5.02 Å². The fourth-order valence-electron chi connectivity index (χ4n) is 2.95. The van der Waals surface area contributed by atoms with Gasteiger partial charge in [0.05, 0.1) is 12.0 Å². The van der Waals surface area contributed by atoms with Crippen molar-refractivity contribution in [2.75, 3.05) is 18.9 Å². The van der Waals surface area contributed by atoms with E-state index in [0.717, 1.165) is 10.6 Å². The number of carbonyl (C=O) groups is 2. The fourth-order valence-corrected chi connectivity index (χ4v) is 4.18. The topological polar surface area (TPSA) is 114 Å². The van der Waals surface area contributed by atoms with Crippen molar-refractivity contribution in [2.24, 2.45) is 0 Å². The van der Waals surface area contributed by atoms with E-state index >= 15 is 0 Å². The highest BCUT2D eigenvalue weighted by molar-refractivity contribution is 7.92. The van der Waals surface area contributed by atoms with Gasteiger partial charge >= 0.3 is 6.09 Å². The van der Waals surface area contributed by atoms with Crippen LogP contribution in [0.4, 0.5) is 10.5 Å². The van der Waals surface area contributed by atoms with Crippen molar-refractivity contribution in [2.45, 2.75) is 50.7 Å². The minimum atomic E-state index is -3.91. The Morgan fingerprint density at radius 1 is 1.12 bits per heavy atom. The Morgan fingerprint density at radius 3 is 2.29 bits per heavy atom. The summed E-state index contributed by atoms with van der Waals surface area (Å²) in [6.07, 6.45) is -0.761. The minimum absolute atomic E-state index is 0.00612. The molecule has 9 nitrogen and oxygen atoms in total. The second-order valence-corrected chi connectivity index (χ2v) is 10.7. The third-order valence-corrected chi connectivity index (χ3v) is 6.36. The molecule has 34 heavy (non-hydrogen) atoms. The number of nitrogens with zero attached hydrogens (tertiary/aromatic N) is 1. The predicted molar refractivity (Wildman–Crippen MR) is 130 cm³/mol. The largest absolute Gasteiger partial charge is 0.444 e. The first-order valence-corrected chi connectivity index (χ1v) is 12.3. The predicted octanol–water partition coefficient (Wildman–Crippen LogP) is 3.90. The van der Waals surface area contributed by atoms with Crippen LogP contribution in [0.5, 0.6) is 0 Å². The number of alkyl carbamates (subject to hydrolysis) is 1. The normalized spacial score (nSPS) is 12.6. The van der Waals surface area contributed by atoms with Crippen LogP contribution in [0.25, 0.3) is 0 Å². The maximum absolute atomic E-state index is 12.9. The SMILES string of the molecule is CON(C)C(=O)[C@H](Cc1cc(S(=O)(=O)Nc2ccc(Cl)cc2)ccc1C)NC(=O)OC(C)(C)C. The Morgan fingerprint density at radius 2 is 1.74 bits per heavy atom. The van der Waals surface area contributed by atoms with E-state index in [1.165, 1.54) is 26.3 Å². The summed E-state index contributed by atoms with van der Waals surface area (Å²) in [7, 11) is -1.18. The quantitative estimate of drug-likeness (QED) is 0.519. The van der Waals surface area contributed by atoms with Gasteiger partial charge in [0.25, 0.3) is 15.9 Å². The number of carbonyl (C=O) groups excluding carboxylic acids is 2. The van der Waals surface area contributed by atoms with Gasteiger partial charge in [-0.1, -0.05) is 17.7 Å². The van der Waals surface area contributed by atoms with Gasteiger partial charge in [-0.3, -0.25) is 14.4 Å². The van der Waals surface area contributed by atoms with Crippen LogP contribution in [0.3, 0.4) is 0 Å². The molecule has 2 aromatic rings. The molecule has 0 unspecified atom stereocenters. The monoisotopic (exact) mass is 511 g/mol. The van der Waals surface area contributed by atoms with Gasteiger partial charge in [0.2, 0.25) is 0 Å². The van der Waals surface area contributed by atoms with Gasteiger partial charge in [-0.15, -0.1) is 0 Å². The van der Waals surface area contributed by atoms with Crippen LogP contribution >= 0.6 is 11.6 Å².